The first-order valence-corrected chi connectivity index (χ1v) is 12.6. The molecule has 216 valence electrons. The van der Waals surface area contributed by atoms with Crippen LogP contribution in [-0.4, -0.2) is 74.7 Å². The van der Waals surface area contributed by atoms with Gasteiger partial charge >= 0.3 is 23.9 Å². The van der Waals surface area contributed by atoms with Gasteiger partial charge in [-0.1, -0.05) is 55.4 Å². The van der Waals surface area contributed by atoms with Gasteiger partial charge in [-0.15, -0.1) is 0 Å². The van der Waals surface area contributed by atoms with Crippen molar-refractivity contribution in [3.63, 3.8) is 0 Å². The summed E-state index contributed by atoms with van der Waals surface area (Å²) >= 11 is 0. The Labute approximate surface area is 218 Å². The first-order chi connectivity index (χ1) is 16.9. The minimum atomic E-state index is -0.225. The molecule has 0 aromatic heterocycles. The lowest BCUT2D eigenvalue weighted by Crippen LogP contribution is -2.15. The second-order valence-electron chi connectivity index (χ2n) is 8.07. The Hall–Kier alpha value is -2.20. The van der Waals surface area contributed by atoms with Crippen LogP contribution >= 0.6 is 0 Å². The molecule has 0 saturated heterocycles. The van der Waals surface area contributed by atoms with Gasteiger partial charge in [0.2, 0.25) is 0 Å². The number of hydrogen-bond donors (Lipinski definition) is 2. The first-order valence-electron chi connectivity index (χ1n) is 12.6. The number of hydrogen-bond acceptors (Lipinski definition) is 10. The van der Waals surface area contributed by atoms with E-state index in [4.69, 9.17) is 10.2 Å². The average Bonchev–Trinajstić information content (AvgIpc) is 2.92. The zero-order chi connectivity index (χ0) is 29.1. The molecule has 0 aliphatic carbocycles. The van der Waals surface area contributed by atoms with E-state index in [0.717, 1.165) is 25.7 Å². The summed E-state index contributed by atoms with van der Waals surface area (Å²) in [5.74, 6) is -0.675. The van der Waals surface area contributed by atoms with Crippen LogP contribution in [0.3, 0.4) is 0 Å². The first kappa shape index (κ1) is 40.9. The molecule has 0 fully saturated rings. The van der Waals surface area contributed by atoms with Crippen LogP contribution in [-0.2, 0) is 38.1 Å². The molecular weight excluding hydrogens is 472 g/mol. The number of aliphatic hydroxyl groups excluding tert-OH is 2. The summed E-state index contributed by atoms with van der Waals surface area (Å²) in [6.07, 6.45) is 3.27. The van der Waals surface area contributed by atoms with Crippen molar-refractivity contribution in [3.8, 4) is 0 Å². The molecule has 0 rings (SSSR count). The average molecular weight is 525 g/mol. The molecule has 10 nitrogen and oxygen atoms in total. The Morgan fingerprint density at radius 3 is 0.889 bits per heavy atom. The summed E-state index contributed by atoms with van der Waals surface area (Å²) < 4.78 is 18.2. The third-order valence-corrected chi connectivity index (χ3v) is 5.13. The van der Waals surface area contributed by atoms with Gasteiger partial charge in [0.15, 0.2) is 0 Å². The highest BCUT2D eigenvalue weighted by atomic mass is 16.5. The number of carbonyl (C=O) groups is 4. The molecule has 0 radical (unpaired) electrons. The van der Waals surface area contributed by atoms with E-state index in [-0.39, 0.29) is 74.0 Å². The maximum Gasteiger partial charge on any atom is 0.308 e. The van der Waals surface area contributed by atoms with E-state index in [0.29, 0.717) is 0 Å². The SMILES string of the molecule is CCC(C)C(=O)OC.CCC(C)C(=O)OC.CCC(C)C(=O)OCCO.CCC(C)C(=O)OCCO. The number of aliphatic hydroxyl groups is 2. The molecule has 0 spiro atoms. The van der Waals surface area contributed by atoms with Gasteiger partial charge in [-0.05, 0) is 25.7 Å². The molecular formula is C26H52O10. The van der Waals surface area contributed by atoms with Crippen LogP contribution < -0.4 is 0 Å². The summed E-state index contributed by atoms with van der Waals surface area (Å²) in [6, 6.07) is 0. The van der Waals surface area contributed by atoms with Gasteiger partial charge in [-0.3, -0.25) is 19.2 Å². The Bertz CT molecular complexity index is 503. The molecule has 4 atom stereocenters. The Kier molecular flexibility index (Phi) is 33.0. The highest BCUT2D eigenvalue weighted by molar-refractivity contribution is 5.72. The van der Waals surface area contributed by atoms with E-state index < -0.39 is 0 Å². The van der Waals surface area contributed by atoms with E-state index in [1.807, 2.05) is 41.5 Å². The third kappa shape index (κ3) is 26.4. The molecule has 36 heavy (non-hydrogen) atoms. The Morgan fingerprint density at radius 1 is 0.528 bits per heavy atom. The van der Waals surface area contributed by atoms with Gasteiger partial charge in [0.1, 0.15) is 13.2 Å². The van der Waals surface area contributed by atoms with Crippen LogP contribution in [0.15, 0.2) is 0 Å². The fourth-order valence-corrected chi connectivity index (χ4v) is 1.65. The van der Waals surface area contributed by atoms with Gasteiger partial charge < -0.3 is 29.2 Å². The molecule has 2 N–H and O–H groups in total. The number of rotatable bonds is 12. The van der Waals surface area contributed by atoms with Crippen molar-refractivity contribution in [1.29, 1.82) is 0 Å². The number of esters is 4. The van der Waals surface area contributed by atoms with Crippen molar-refractivity contribution in [2.45, 2.75) is 81.1 Å². The normalized spacial score (nSPS) is 12.8. The molecule has 0 amide bonds. The minimum absolute atomic E-state index is 0.0495. The summed E-state index contributed by atoms with van der Waals surface area (Å²) in [6.45, 7) is 15.1. The Morgan fingerprint density at radius 2 is 0.750 bits per heavy atom. The molecule has 0 aliphatic heterocycles. The van der Waals surface area contributed by atoms with Crippen LogP contribution in [0.4, 0.5) is 0 Å². The standard InChI is InChI=1S/2C7H14O3.2C6H12O2/c2*1-3-6(2)7(9)10-5-4-8;2*1-4-5(2)6(7)8-3/h2*6,8H,3-5H2,1-2H3;2*5H,4H2,1-3H3. The predicted molar refractivity (Wildman–Crippen MR) is 138 cm³/mol. The number of methoxy groups -OCH3 is 2. The smallest absolute Gasteiger partial charge is 0.308 e. The molecule has 0 aliphatic rings. The van der Waals surface area contributed by atoms with Crippen molar-refractivity contribution in [2.75, 3.05) is 40.6 Å². The largest absolute Gasteiger partial charge is 0.469 e. The van der Waals surface area contributed by atoms with E-state index in [2.05, 4.69) is 18.9 Å². The number of carbonyl (C=O) groups excluding carboxylic acids is 4. The molecule has 0 bridgehead atoms. The lowest BCUT2D eigenvalue weighted by atomic mass is 10.1. The third-order valence-electron chi connectivity index (χ3n) is 5.13. The maximum atomic E-state index is 10.8. The predicted octanol–water partition coefficient (Wildman–Crippen LogP) is 3.55. The minimum Gasteiger partial charge on any atom is -0.469 e. The summed E-state index contributed by atoms with van der Waals surface area (Å²) in [5, 5.41) is 16.6. The van der Waals surface area contributed by atoms with E-state index >= 15 is 0 Å². The Balaban J connectivity index is -0.000000191. The summed E-state index contributed by atoms with van der Waals surface area (Å²) in [5.41, 5.74) is 0. The zero-order valence-corrected chi connectivity index (χ0v) is 24.1. The fraction of sp³-hybridized carbons (Fsp3) is 0.846. The van der Waals surface area contributed by atoms with Crippen LogP contribution in [0.1, 0.15) is 81.1 Å². The van der Waals surface area contributed by atoms with Gasteiger partial charge in [-0.25, -0.2) is 0 Å². The molecule has 0 saturated carbocycles. The van der Waals surface area contributed by atoms with Crippen molar-refractivity contribution >= 4 is 23.9 Å². The van der Waals surface area contributed by atoms with Crippen LogP contribution in [0.2, 0.25) is 0 Å². The maximum absolute atomic E-state index is 10.8. The monoisotopic (exact) mass is 524 g/mol. The molecule has 0 aromatic rings. The van der Waals surface area contributed by atoms with Crippen molar-refractivity contribution in [1.82, 2.24) is 0 Å². The van der Waals surface area contributed by atoms with Gasteiger partial charge in [0.25, 0.3) is 0 Å². The topological polar surface area (TPSA) is 146 Å². The summed E-state index contributed by atoms with van der Waals surface area (Å²) in [4.78, 5) is 42.6. The van der Waals surface area contributed by atoms with E-state index in [1.165, 1.54) is 14.2 Å². The zero-order valence-electron chi connectivity index (χ0n) is 24.1. The van der Waals surface area contributed by atoms with Gasteiger partial charge in [-0.2, -0.15) is 0 Å². The van der Waals surface area contributed by atoms with E-state index in [9.17, 15) is 19.2 Å². The molecule has 0 heterocycles. The quantitative estimate of drug-likeness (QED) is 0.287. The lowest BCUT2D eigenvalue weighted by Gasteiger charge is -2.06. The highest BCUT2D eigenvalue weighted by Gasteiger charge is 2.11. The fourth-order valence-electron chi connectivity index (χ4n) is 1.65. The van der Waals surface area contributed by atoms with Crippen molar-refractivity contribution in [3.05, 3.63) is 0 Å². The van der Waals surface area contributed by atoms with Crippen LogP contribution in [0.25, 0.3) is 0 Å². The number of ether oxygens (including phenoxy) is 4. The lowest BCUT2D eigenvalue weighted by molar-refractivity contribution is -0.149. The van der Waals surface area contributed by atoms with Crippen LogP contribution in [0.5, 0.6) is 0 Å². The van der Waals surface area contributed by atoms with Gasteiger partial charge in [0, 0.05) is 0 Å². The molecule has 4 unspecified atom stereocenters. The van der Waals surface area contributed by atoms with Crippen molar-refractivity contribution in [2.24, 2.45) is 23.7 Å². The van der Waals surface area contributed by atoms with Crippen LogP contribution in [0, 0.1) is 23.7 Å². The highest BCUT2D eigenvalue weighted by Crippen LogP contribution is 2.03. The van der Waals surface area contributed by atoms with E-state index in [1.54, 1.807) is 13.8 Å². The van der Waals surface area contributed by atoms with Gasteiger partial charge in [0.05, 0.1) is 51.1 Å². The molecule has 10 heteroatoms. The summed E-state index contributed by atoms with van der Waals surface area (Å²) in [7, 11) is 2.82. The second-order valence-corrected chi connectivity index (χ2v) is 8.07. The molecule has 0 aromatic carbocycles. The second kappa shape index (κ2) is 29.0. The van der Waals surface area contributed by atoms with Crippen molar-refractivity contribution < 1.29 is 48.3 Å².